The summed E-state index contributed by atoms with van der Waals surface area (Å²) in [4.78, 5) is 28.8. The Bertz CT molecular complexity index is 742. The number of hydrogen-bond acceptors (Lipinski definition) is 2. The van der Waals surface area contributed by atoms with Gasteiger partial charge in [-0.15, -0.1) is 0 Å². The first kappa shape index (κ1) is 13.7. The van der Waals surface area contributed by atoms with Gasteiger partial charge in [0.25, 0.3) is 0 Å². The summed E-state index contributed by atoms with van der Waals surface area (Å²) in [5.74, 6) is 0.0742. The van der Waals surface area contributed by atoms with Crippen LogP contribution in [-0.2, 0) is 17.8 Å². The lowest BCUT2D eigenvalue weighted by atomic mass is 10.2. The maximum absolute atomic E-state index is 12.4. The van der Waals surface area contributed by atoms with Gasteiger partial charge in [0.15, 0.2) is 0 Å². The maximum atomic E-state index is 12.4. The Kier molecular flexibility index (Phi) is 3.41. The fraction of sp³-hybridized carbons (Fsp3) is 0.375. The standard InChI is InChI=1S/C16H19N3O2/c1-11-12(2)18(16(21)17-11)10-8-15(20)19-9-7-13-5-3-4-6-14(13)19/h3-6H,7-10H2,1-2H3,(H,17,21). The van der Waals surface area contributed by atoms with Gasteiger partial charge >= 0.3 is 5.69 Å². The number of aromatic nitrogens is 2. The minimum absolute atomic E-state index is 0.0742. The van der Waals surface area contributed by atoms with Crippen LogP contribution in [0.4, 0.5) is 5.69 Å². The Morgan fingerprint density at radius 1 is 1.29 bits per heavy atom. The van der Waals surface area contributed by atoms with Crippen molar-refractivity contribution in [2.45, 2.75) is 33.2 Å². The summed E-state index contributed by atoms with van der Waals surface area (Å²) in [6.07, 6.45) is 1.25. The van der Waals surface area contributed by atoms with Gasteiger partial charge in [-0.2, -0.15) is 0 Å². The lowest BCUT2D eigenvalue weighted by Crippen LogP contribution is -2.31. The van der Waals surface area contributed by atoms with Crippen molar-refractivity contribution in [1.29, 1.82) is 0 Å². The molecular formula is C16H19N3O2. The minimum atomic E-state index is -0.139. The highest BCUT2D eigenvalue weighted by atomic mass is 16.2. The van der Waals surface area contributed by atoms with Crippen molar-refractivity contribution in [2.24, 2.45) is 0 Å². The summed E-state index contributed by atoms with van der Waals surface area (Å²) < 4.78 is 1.63. The number of carbonyl (C=O) groups excluding carboxylic acids is 1. The second-order valence-electron chi connectivity index (χ2n) is 5.47. The molecule has 1 aromatic heterocycles. The maximum Gasteiger partial charge on any atom is 0.325 e. The average Bonchev–Trinajstić information content (AvgIpc) is 3.00. The molecule has 5 nitrogen and oxygen atoms in total. The average molecular weight is 285 g/mol. The van der Waals surface area contributed by atoms with Crippen molar-refractivity contribution in [3.8, 4) is 0 Å². The van der Waals surface area contributed by atoms with E-state index in [0.717, 1.165) is 30.0 Å². The first-order valence-corrected chi connectivity index (χ1v) is 7.22. The molecule has 0 fully saturated rings. The summed E-state index contributed by atoms with van der Waals surface area (Å²) in [6.45, 7) is 4.92. The fourth-order valence-electron chi connectivity index (χ4n) is 2.88. The van der Waals surface area contributed by atoms with E-state index in [-0.39, 0.29) is 11.6 Å². The molecule has 0 unspecified atom stereocenters. The Balaban J connectivity index is 1.72. The van der Waals surface area contributed by atoms with Crippen molar-refractivity contribution in [2.75, 3.05) is 11.4 Å². The first-order chi connectivity index (χ1) is 10.1. The summed E-state index contributed by atoms with van der Waals surface area (Å²) in [6, 6.07) is 8.00. The Morgan fingerprint density at radius 3 is 2.76 bits per heavy atom. The fourth-order valence-corrected chi connectivity index (χ4v) is 2.88. The number of nitrogens with one attached hydrogen (secondary N) is 1. The van der Waals surface area contributed by atoms with E-state index in [4.69, 9.17) is 0 Å². The number of rotatable bonds is 3. The van der Waals surface area contributed by atoms with Gasteiger partial charge in [-0.05, 0) is 31.9 Å². The number of imidazole rings is 1. The number of nitrogens with zero attached hydrogens (tertiary/aromatic N) is 2. The number of benzene rings is 1. The topological polar surface area (TPSA) is 58.1 Å². The van der Waals surface area contributed by atoms with Crippen LogP contribution < -0.4 is 10.6 Å². The van der Waals surface area contributed by atoms with E-state index in [0.29, 0.717) is 13.0 Å². The molecule has 1 aliphatic heterocycles. The molecule has 3 rings (SSSR count). The predicted molar refractivity (Wildman–Crippen MR) is 81.6 cm³/mol. The molecule has 0 bridgehead atoms. The van der Waals surface area contributed by atoms with Gasteiger partial charge in [-0.1, -0.05) is 18.2 Å². The molecule has 110 valence electrons. The van der Waals surface area contributed by atoms with Gasteiger partial charge in [0.05, 0.1) is 0 Å². The second-order valence-corrected chi connectivity index (χ2v) is 5.47. The third-order valence-corrected chi connectivity index (χ3v) is 4.22. The van der Waals surface area contributed by atoms with Crippen molar-refractivity contribution >= 4 is 11.6 Å². The molecule has 5 heteroatoms. The van der Waals surface area contributed by atoms with Crippen LogP contribution in [0, 0.1) is 13.8 Å². The summed E-state index contributed by atoms with van der Waals surface area (Å²) in [5, 5.41) is 0. The minimum Gasteiger partial charge on any atom is -0.312 e. The Morgan fingerprint density at radius 2 is 2.05 bits per heavy atom. The molecule has 0 radical (unpaired) electrons. The van der Waals surface area contributed by atoms with Gasteiger partial charge in [0.1, 0.15) is 0 Å². The number of anilines is 1. The number of hydrogen-bond donors (Lipinski definition) is 1. The molecule has 0 aliphatic carbocycles. The quantitative estimate of drug-likeness (QED) is 0.934. The van der Waals surface area contributed by atoms with Gasteiger partial charge in [-0.25, -0.2) is 4.79 Å². The molecule has 1 aromatic carbocycles. The van der Waals surface area contributed by atoms with E-state index in [9.17, 15) is 9.59 Å². The first-order valence-electron chi connectivity index (χ1n) is 7.22. The van der Waals surface area contributed by atoms with Gasteiger partial charge in [0.2, 0.25) is 5.91 Å². The van der Waals surface area contributed by atoms with E-state index >= 15 is 0 Å². The van der Waals surface area contributed by atoms with Crippen molar-refractivity contribution in [3.63, 3.8) is 0 Å². The molecule has 2 aromatic rings. The number of aryl methyl sites for hydroxylation is 1. The van der Waals surface area contributed by atoms with Crippen LogP contribution in [0.1, 0.15) is 23.4 Å². The molecular weight excluding hydrogens is 266 g/mol. The number of carbonyl (C=O) groups is 1. The van der Waals surface area contributed by atoms with E-state index in [1.807, 2.05) is 36.9 Å². The van der Waals surface area contributed by atoms with E-state index in [1.165, 1.54) is 5.56 Å². The highest BCUT2D eigenvalue weighted by Gasteiger charge is 2.24. The molecule has 1 aliphatic rings. The van der Waals surface area contributed by atoms with Crippen molar-refractivity contribution in [3.05, 3.63) is 51.7 Å². The van der Waals surface area contributed by atoms with Crippen LogP contribution in [0.3, 0.4) is 0 Å². The Labute approximate surface area is 123 Å². The summed E-state index contributed by atoms with van der Waals surface area (Å²) >= 11 is 0. The number of fused-ring (bicyclic) bond motifs is 1. The molecule has 0 saturated heterocycles. The molecule has 0 atom stereocenters. The molecule has 0 spiro atoms. The smallest absolute Gasteiger partial charge is 0.312 e. The third-order valence-electron chi connectivity index (χ3n) is 4.22. The zero-order valence-electron chi connectivity index (χ0n) is 12.3. The molecule has 1 amide bonds. The largest absolute Gasteiger partial charge is 0.325 e. The van der Waals surface area contributed by atoms with Crippen LogP contribution >= 0.6 is 0 Å². The lowest BCUT2D eigenvalue weighted by molar-refractivity contribution is -0.118. The third kappa shape index (κ3) is 2.39. The number of amides is 1. The van der Waals surface area contributed by atoms with Crippen LogP contribution in [0.2, 0.25) is 0 Å². The Hall–Kier alpha value is -2.30. The normalized spacial score (nSPS) is 13.5. The van der Waals surface area contributed by atoms with E-state index < -0.39 is 0 Å². The molecule has 21 heavy (non-hydrogen) atoms. The van der Waals surface area contributed by atoms with Crippen LogP contribution in [0.15, 0.2) is 29.1 Å². The van der Waals surface area contributed by atoms with Crippen molar-refractivity contribution in [1.82, 2.24) is 9.55 Å². The molecule has 1 N–H and O–H groups in total. The zero-order valence-corrected chi connectivity index (χ0v) is 12.3. The number of para-hydroxylation sites is 1. The van der Waals surface area contributed by atoms with Gasteiger partial charge in [-0.3, -0.25) is 9.36 Å². The number of aromatic amines is 1. The molecule has 0 saturated carbocycles. The summed E-state index contributed by atoms with van der Waals surface area (Å²) in [5.41, 5.74) is 3.85. The highest BCUT2D eigenvalue weighted by Crippen LogP contribution is 2.27. The van der Waals surface area contributed by atoms with Crippen LogP contribution in [-0.4, -0.2) is 22.0 Å². The van der Waals surface area contributed by atoms with E-state index in [1.54, 1.807) is 4.57 Å². The SMILES string of the molecule is Cc1[nH]c(=O)n(CCC(=O)N2CCc3ccccc32)c1C. The van der Waals surface area contributed by atoms with Gasteiger partial charge < -0.3 is 9.88 Å². The van der Waals surface area contributed by atoms with E-state index in [2.05, 4.69) is 11.1 Å². The predicted octanol–water partition coefficient (Wildman–Crippen LogP) is 1.77. The number of H-pyrrole nitrogens is 1. The summed E-state index contributed by atoms with van der Waals surface area (Å²) in [7, 11) is 0. The van der Waals surface area contributed by atoms with Crippen LogP contribution in [0.25, 0.3) is 0 Å². The highest BCUT2D eigenvalue weighted by molar-refractivity contribution is 5.95. The van der Waals surface area contributed by atoms with Crippen molar-refractivity contribution < 1.29 is 4.79 Å². The lowest BCUT2D eigenvalue weighted by Gasteiger charge is -2.17. The monoisotopic (exact) mass is 285 g/mol. The zero-order chi connectivity index (χ0) is 15.0. The molecule has 2 heterocycles. The van der Waals surface area contributed by atoms with Crippen LogP contribution in [0.5, 0.6) is 0 Å². The second kappa shape index (κ2) is 5.24. The van der Waals surface area contributed by atoms with Gasteiger partial charge in [0, 0.05) is 36.6 Å².